The van der Waals surface area contributed by atoms with Crippen molar-refractivity contribution in [3.63, 3.8) is 0 Å². The maximum atomic E-state index is 13.3. The molecule has 0 fully saturated rings. The van der Waals surface area contributed by atoms with Gasteiger partial charge >= 0.3 is 0 Å². The Morgan fingerprint density at radius 1 is 1.00 bits per heavy atom. The zero-order valence-electron chi connectivity index (χ0n) is 17.4. The van der Waals surface area contributed by atoms with Crippen LogP contribution in [0.15, 0.2) is 63.5 Å². The van der Waals surface area contributed by atoms with Crippen LogP contribution < -0.4 is 5.56 Å². The third-order valence-electron chi connectivity index (χ3n) is 5.46. The van der Waals surface area contributed by atoms with Crippen LogP contribution in [0.5, 0.6) is 0 Å². The van der Waals surface area contributed by atoms with Crippen LogP contribution in [-0.2, 0) is 6.54 Å². The van der Waals surface area contributed by atoms with Gasteiger partial charge < -0.3 is 4.52 Å². The van der Waals surface area contributed by atoms with Crippen LogP contribution in [-0.4, -0.2) is 19.7 Å². The molecule has 31 heavy (non-hydrogen) atoms. The first kappa shape index (κ1) is 19.4. The largest absolute Gasteiger partial charge is 0.337 e. The number of nitrogens with zero attached hydrogens (tertiary/aromatic N) is 4. The van der Waals surface area contributed by atoms with Gasteiger partial charge in [0.1, 0.15) is 11.4 Å². The normalized spacial score (nSPS) is 11.3. The molecule has 0 aliphatic rings. The van der Waals surface area contributed by atoms with E-state index in [4.69, 9.17) is 4.52 Å². The molecule has 5 aromatic rings. The number of hydrogen-bond acceptors (Lipinski definition) is 6. The van der Waals surface area contributed by atoms with Gasteiger partial charge in [0.2, 0.25) is 11.7 Å². The minimum Gasteiger partial charge on any atom is -0.337 e. The van der Waals surface area contributed by atoms with Crippen molar-refractivity contribution in [3.05, 3.63) is 87.1 Å². The van der Waals surface area contributed by atoms with E-state index in [0.717, 1.165) is 27.1 Å². The summed E-state index contributed by atoms with van der Waals surface area (Å²) in [5.74, 6) is 0.866. The molecule has 6 nitrogen and oxygen atoms in total. The molecular weight excluding hydrogens is 408 g/mol. The molecular formula is C24H20N4O2S. The minimum atomic E-state index is -0.116. The summed E-state index contributed by atoms with van der Waals surface area (Å²) < 4.78 is 6.92. The van der Waals surface area contributed by atoms with Crippen LogP contribution in [0.3, 0.4) is 0 Å². The lowest BCUT2D eigenvalue weighted by molar-refractivity contribution is 0.369. The van der Waals surface area contributed by atoms with Gasteiger partial charge in [0.15, 0.2) is 0 Å². The highest BCUT2D eigenvalue weighted by atomic mass is 32.1. The van der Waals surface area contributed by atoms with Crippen molar-refractivity contribution in [2.24, 2.45) is 0 Å². The number of aromatic nitrogens is 4. The molecule has 0 amide bonds. The van der Waals surface area contributed by atoms with E-state index < -0.39 is 0 Å². The lowest BCUT2D eigenvalue weighted by atomic mass is 10.0. The number of thiophene rings is 1. The highest BCUT2D eigenvalue weighted by Crippen LogP contribution is 2.31. The van der Waals surface area contributed by atoms with Gasteiger partial charge in [-0.1, -0.05) is 53.2 Å². The zero-order chi connectivity index (χ0) is 21.5. The van der Waals surface area contributed by atoms with Crippen molar-refractivity contribution in [2.45, 2.75) is 27.3 Å². The lowest BCUT2D eigenvalue weighted by Gasteiger charge is -2.06. The number of rotatable bonds is 4. The predicted octanol–water partition coefficient (Wildman–Crippen LogP) is 5.15. The van der Waals surface area contributed by atoms with Crippen molar-refractivity contribution in [2.75, 3.05) is 0 Å². The first-order valence-corrected chi connectivity index (χ1v) is 10.8. The molecule has 0 unspecified atom stereocenters. The van der Waals surface area contributed by atoms with E-state index >= 15 is 0 Å². The summed E-state index contributed by atoms with van der Waals surface area (Å²) in [6.07, 6.45) is 1.54. The molecule has 0 aliphatic carbocycles. The van der Waals surface area contributed by atoms with Crippen LogP contribution >= 0.6 is 11.3 Å². The highest BCUT2D eigenvalue weighted by Gasteiger charge is 2.16. The monoisotopic (exact) mass is 428 g/mol. The SMILES string of the molecule is Cc1ccc(-c2noc(Cn3cnc4scc(-c5ccc(C)c(C)c5)c4c3=O)n2)cc1. The zero-order valence-corrected chi connectivity index (χ0v) is 18.2. The van der Waals surface area contributed by atoms with Crippen molar-refractivity contribution in [1.82, 2.24) is 19.7 Å². The summed E-state index contributed by atoms with van der Waals surface area (Å²) in [7, 11) is 0. The average Bonchev–Trinajstić information content (AvgIpc) is 3.40. The van der Waals surface area contributed by atoms with Crippen molar-refractivity contribution in [1.29, 1.82) is 0 Å². The second kappa shape index (κ2) is 7.59. The third-order valence-corrected chi connectivity index (χ3v) is 6.35. The number of aryl methyl sites for hydroxylation is 3. The fraction of sp³-hybridized carbons (Fsp3) is 0.167. The van der Waals surface area contributed by atoms with Gasteiger partial charge in [-0.2, -0.15) is 4.98 Å². The Bertz CT molecular complexity index is 1460. The van der Waals surface area contributed by atoms with Crippen molar-refractivity contribution < 1.29 is 4.52 Å². The van der Waals surface area contributed by atoms with Gasteiger partial charge in [-0.25, -0.2) is 4.98 Å². The minimum absolute atomic E-state index is 0.116. The Kier molecular flexibility index (Phi) is 4.75. The Morgan fingerprint density at radius 2 is 1.77 bits per heavy atom. The molecule has 3 aromatic heterocycles. The van der Waals surface area contributed by atoms with Crippen molar-refractivity contribution >= 4 is 21.6 Å². The predicted molar refractivity (Wildman–Crippen MR) is 122 cm³/mol. The second-order valence-electron chi connectivity index (χ2n) is 7.68. The molecule has 0 radical (unpaired) electrons. The van der Waals surface area contributed by atoms with Crippen molar-refractivity contribution in [3.8, 4) is 22.5 Å². The molecule has 0 spiro atoms. The second-order valence-corrected chi connectivity index (χ2v) is 8.54. The van der Waals surface area contributed by atoms with E-state index in [1.807, 2.05) is 42.6 Å². The lowest BCUT2D eigenvalue weighted by Crippen LogP contribution is -2.21. The van der Waals surface area contributed by atoms with Crippen LogP contribution in [0.1, 0.15) is 22.6 Å². The van der Waals surface area contributed by atoms with E-state index in [2.05, 4.69) is 41.1 Å². The summed E-state index contributed by atoms with van der Waals surface area (Å²) in [6, 6.07) is 14.1. The maximum Gasteiger partial charge on any atom is 0.263 e. The number of benzene rings is 2. The van der Waals surface area contributed by atoms with Gasteiger partial charge in [0.05, 0.1) is 11.7 Å². The fourth-order valence-electron chi connectivity index (χ4n) is 3.49. The first-order chi connectivity index (χ1) is 15.0. The van der Waals surface area contributed by atoms with Crippen LogP contribution in [0.25, 0.3) is 32.7 Å². The summed E-state index contributed by atoms with van der Waals surface area (Å²) in [4.78, 5) is 23.0. The molecule has 0 saturated carbocycles. The molecule has 2 aromatic carbocycles. The van der Waals surface area contributed by atoms with Gasteiger partial charge in [-0.15, -0.1) is 11.3 Å². The Morgan fingerprint density at radius 3 is 2.55 bits per heavy atom. The van der Waals surface area contributed by atoms with Gasteiger partial charge in [0.25, 0.3) is 5.56 Å². The Labute approximate surface area is 182 Å². The van der Waals surface area contributed by atoms with E-state index in [0.29, 0.717) is 17.1 Å². The average molecular weight is 429 g/mol. The van der Waals surface area contributed by atoms with Crippen LogP contribution in [0, 0.1) is 20.8 Å². The number of hydrogen-bond donors (Lipinski definition) is 0. The highest BCUT2D eigenvalue weighted by molar-refractivity contribution is 7.17. The maximum absolute atomic E-state index is 13.3. The molecule has 154 valence electrons. The van der Waals surface area contributed by atoms with Gasteiger partial charge in [-0.05, 0) is 37.5 Å². The molecule has 0 bridgehead atoms. The topological polar surface area (TPSA) is 73.8 Å². The third kappa shape index (κ3) is 3.57. The Hall–Kier alpha value is -3.58. The van der Waals surface area contributed by atoms with Crippen LogP contribution in [0.2, 0.25) is 0 Å². The van der Waals surface area contributed by atoms with E-state index in [-0.39, 0.29) is 12.1 Å². The quantitative estimate of drug-likeness (QED) is 0.396. The summed E-state index contributed by atoms with van der Waals surface area (Å²) in [6.45, 7) is 6.35. The standard InChI is InChI=1S/C24H20N4O2S/c1-14-4-7-17(8-5-14)22-26-20(30-27-22)11-28-13-25-23-21(24(28)29)19(12-31-23)18-9-6-15(2)16(3)10-18/h4-10,12-13H,11H2,1-3H3. The van der Waals surface area contributed by atoms with E-state index in [1.54, 1.807) is 6.33 Å². The first-order valence-electron chi connectivity index (χ1n) is 9.93. The van der Waals surface area contributed by atoms with E-state index in [1.165, 1.54) is 27.0 Å². The van der Waals surface area contributed by atoms with Gasteiger partial charge in [-0.3, -0.25) is 9.36 Å². The number of fused-ring (bicyclic) bond motifs is 1. The molecule has 5 rings (SSSR count). The molecule has 3 heterocycles. The summed E-state index contributed by atoms with van der Waals surface area (Å²) >= 11 is 1.47. The van der Waals surface area contributed by atoms with E-state index in [9.17, 15) is 4.79 Å². The molecule has 0 atom stereocenters. The summed E-state index contributed by atoms with van der Waals surface area (Å²) in [5.41, 5.74) is 6.25. The fourth-order valence-corrected chi connectivity index (χ4v) is 4.39. The van der Waals surface area contributed by atoms with Crippen LogP contribution in [0.4, 0.5) is 0 Å². The molecule has 0 saturated heterocycles. The summed E-state index contributed by atoms with van der Waals surface area (Å²) in [5, 5.41) is 6.67. The smallest absolute Gasteiger partial charge is 0.263 e. The molecule has 7 heteroatoms. The van der Waals surface area contributed by atoms with Gasteiger partial charge in [0, 0.05) is 16.5 Å². The molecule has 0 N–H and O–H groups in total. The molecule has 0 aliphatic heterocycles. The Balaban J connectivity index is 1.51.